The quantitative estimate of drug-likeness (QED) is 0.491. The van der Waals surface area contributed by atoms with Crippen LogP contribution in [0, 0.1) is 6.92 Å². The first-order valence-electron chi connectivity index (χ1n) is 9.87. The summed E-state index contributed by atoms with van der Waals surface area (Å²) in [5.41, 5.74) is 1.38. The van der Waals surface area contributed by atoms with E-state index in [-0.39, 0.29) is 6.04 Å². The Morgan fingerprint density at radius 3 is 2.57 bits per heavy atom. The van der Waals surface area contributed by atoms with Gasteiger partial charge in [0.15, 0.2) is 6.10 Å². The zero-order valence-electron chi connectivity index (χ0n) is 17.0. The van der Waals surface area contributed by atoms with Crippen LogP contribution in [0.1, 0.15) is 53.7 Å². The number of esters is 1. The molecule has 160 valence electrons. The highest BCUT2D eigenvalue weighted by Gasteiger charge is 2.23. The van der Waals surface area contributed by atoms with Gasteiger partial charge in [-0.3, -0.25) is 10.1 Å². The number of amides is 3. The number of nitrogens with one attached hydrogen (secondary N) is 2. The van der Waals surface area contributed by atoms with E-state index in [1.807, 2.05) is 24.4 Å². The molecular formula is C21H25N3O4S2. The van der Waals surface area contributed by atoms with Gasteiger partial charge in [0.05, 0.1) is 16.3 Å². The zero-order valence-corrected chi connectivity index (χ0v) is 18.6. The lowest BCUT2D eigenvalue weighted by atomic mass is 10.2. The largest absolute Gasteiger partial charge is 0.449 e. The number of carbonyl (C=O) groups is 3. The Morgan fingerprint density at radius 1 is 1.23 bits per heavy atom. The Hall–Kier alpha value is -2.39. The van der Waals surface area contributed by atoms with Crippen molar-refractivity contribution >= 4 is 41.0 Å². The summed E-state index contributed by atoms with van der Waals surface area (Å²) in [6.45, 7) is 3.42. The Balaban J connectivity index is 1.44. The van der Waals surface area contributed by atoms with Crippen LogP contribution in [0.4, 0.5) is 4.79 Å². The molecule has 30 heavy (non-hydrogen) atoms. The van der Waals surface area contributed by atoms with Crippen LogP contribution in [-0.2, 0) is 15.3 Å². The Bertz CT molecular complexity index is 892. The summed E-state index contributed by atoms with van der Waals surface area (Å²) in [4.78, 5) is 41.7. The lowest BCUT2D eigenvalue weighted by Gasteiger charge is -2.15. The van der Waals surface area contributed by atoms with Crippen molar-refractivity contribution in [3.8, 4) is 0 Å². The first-order chi connectivity index (χ1) is 14.4. The number of thiazole rings is 1. The molecule has 1 aliphatic rings. The second-order valence-electron chi connectivity index (χ2n) is 7.16. The lowest BCUT2D eigenvalue weighted by molar-refractivity contribution is -0.127. The van der Waals surface area contributed by atoms with Gasteiger partial charge < -0.3 is 10.1 Å². The maximum Gasteiger partial charge on any atom is 0.338 e. The Morgan fingerprint density at radius 2 is 1.93 bits per heavy atom. The van der Waals surface area contributed by atoms with Crippen LogP contribution in [0.15, 0.2) is 34.5 Å². The van der Waals surface area contributed by atoms with Crippen LogP contribution in [0.3, 0.4) is 0 Å². The van der Waals surface area contributed by atoms with Gasteiger partial charge in [0.1, 0.15) is 0 Å². The van der Waals surface area contributed by atoms with E-state index >= 15 is 0 Å². The van der Waals surface area contributed by atoms with E-state index in [0.29, 0.717) is 5.56 Å². The number of imide groups is 1. The number of carbonyl (C=O) groups excluding carboxylic acids is 3. The monoisotopic (exact) mass is 447 g/mol. The van der Waals surface area contributed by atoms with Gasteiger partial charge in [-0.05, 0) is 51.0 Å². The number of aromatic nitrogens is 1. The summed E-state index contributed by atoms with van der Waals surface area (Å²) in [5, 5.41) is 8.07. The summed E-state index contributed by atoms with van der Waals surface area (Å²) < 4.78 is 5.19. The molecule has 0 radical (unpaired) electrons. The number of rotatable bonds is 7. The van der Waals surface area contributed by atoms with Crippen LogP contribution in [-0.4, -0.2) is 35.0 Å². The van der Waals surface area contributed by atoms with E-state index in [9.17, 15) is 14.4 Å². The third-order valence-corrected chi connectivity index (χ3v) is 6.59. The van der Waals surface area contributed by atoms with Crippen LogP contribution in [0.25, 0.3) is 0 Å². The average Bonchev–Trinajstić information content (AvgIpc) is 3.38. The summed E-state index contributed by atoms with van der Waals surface area (Å²) >= 11 is 3.25. The smallest absolute Gasteiger partial charge is 0.338 e. The number of ether oxygens (including phenoxy) is 1. The third-order valence-electron chi connectivity index (χ3n) is 4.72. The molecule has 2 N–H and O–H groups in total. The Labute approximate surface area is 184 Å². The first kappa shape index (κ1) is 22.3. The molecule has 1 aromatic carbocycles. The fraction of sp³-hybridized carbons (Fsp3) is 0.429. The minimum atomic E-state index is -1.08. The van der Waals surface area contributed by atoms with Gasteiger partial charge in [-0.15, -0.1) is 23.1 Å². The van der Waals surface area contributed by atoms with Gasteiger partial charge in [0.2, 0.25) is 0 Å². The number of nitrogens with zero attached hydrogens (tertiary/aromatic N) is 1. The molecule has 0 spiro atoms. The van der Waals surface area contributed by atoms with Gasteiger partial charge in [-0.2, -0.15) is 0 Å². The number of hydrogen-bond acceptors (Lipinski definition) is 7. The lowest BCUT2D eigenvalue weighted by Crippen LogP contribution is -2.47. The molecular weight excluding hydrogens is 422 g/mol. The fourth-order valence-corrected chi connectivity index (χ4v) is 4.62. The van der Waals surface area contributed by atoms with E-state index in [1.54, 1.807) is 35.2 Å². The SMILES string of the molecule is Cc1nc(CSc2ccc(C(=O)O[C@H](C)C(=O)NC(=O)NC3CCCC3)cc2)cs1. The molecule has 0 unspecified atom stereocenters. The molecule has 0 aliphatic heterocycles. The molecule has 7 nitrogen and oxygen atoms in total. The van der Waals surface area contributed by atoms with Gasteiger partial charge in [0, 0.05) is 22.1 Å². The van der Waals surface area contributed by atoms with Crippen molar-refractivity contribution in [1.29, 1.82) is 0 Å². The summed E-state index contributed by atoms with van der Waals surface area (Å²) in [7, 11) is 0. The van der Waals surface area contributed by atoms with Crippen LogP contribution >= 0.6 is 23.1 Å². The van der Waals surface area contributed by atoms with Gasteiger partial charge in [0.25, 0.3) is 5.91 Å². The van der Waals surface area contributed by atoms with Gasteiger partial charge in [-0.25, -0.2) is 14.6 Å². The maximum atomic E-state index is 12.3. The molecule has 0 bridgehead atoms. The van der Waals surface area contributed by atoms with E-state index in [4.69, 9.17) is 4.74 Å². The maximum absolute atomic E-state index is 12.3. The number of urea groups is 1. The molecule has 3 rings (SSSR count). The molecule has 1 fully saturated rings. The standard InChI is InChI=1S/C21H25N3O4S2/c1-13(19(25)24-21(27)23-16-5-3-4-6-16)28-20(26)15-7-9-18(10-8-15)30-12-17-11-29-14(2)22-17/h7-11,13,16H,3-6,12H2,1-2H3,(H2,23,24,25,27)/t13-/m1/s1. The number of benzene rings is 1. The van der Waals surface area contributed by atoms with Crippen LogP contribution in [0.5, 0.6) is 0 Å². The number of aryl methyl sites for hydroxylation is 1. The van der Waals surface area contributed by atoms with Crippen molar-refractivity contribution in [2.24, 2.45) is 0 Å². The topological polar surface area (TPSA) is 97.4 Å². The van der Waals surface area contributed by atoms with Crippen molar-refractivity contribution in [2.45, 2.75) is 62.3 Å². The van der Waals surface area contributed by atoms with E-state index < -0.39 is 24.0 Å². The molecule has 2 aromatic rings. The second-order valence-corrected chi connectivity index (χ2v) is 9.27. The third kappa shape index (κ3) is 6.56. The minimum Gasteiger partial charge on any atom is -0.449 e. The highest BCUT2D eigenvalue weighted by atomic mass is 32.2. The summed E-state index contributed by atoms with van der Waals surface area (Å²) in [6.07, 6.45) is 2.92. The van der Waals surface area contributed by atoms with Crippen LogP contribution < -0.4 is 10.6 Å². The van der Waals surface area contributed by atoms with Crippen LogP contribution in [0.2, 0.25) is 0 Å². The first-order valence-corrected chi connectivity index (χ1v) is 11.7. The number of hydrogen-bond donors (Lipinski definition) is 2. The van der Waals surface area contributed by atoms with Crippen molar-refractivity contribution in [2.75, 3.05) is 0 Å². The normalized spacial score (nSPS) is 14.9. The predicted octanol–water partition coefficient (Wildman–Crippen LogP) is 4.06. The van der Waals surface area contributed by atoms with E-state index in [1.165, 1.54) is 6.92 Å². The summed E-state index contributed by atoms with van der Waals surface area (Å²) in [6, 6.07) is 6.54. The van der Waals surface area contributed by atoms with Crippen molar-refractivity contribution < 1.29 is 19.1 Å². The van der Waals surface area contributed by atoms with Crippen molar-refractivity contribution in [3.05, 3.63) is 45.9 Å². The average molecular weight is 448 g/mol. The molecule has 1 aromatic heterocycles. The minimum absolute atomic E-state index is 0.103. The Kier molecular flexibility index (Phi) is 7.87. The molecule has 1 saturated carbocycles. The van der Waals surface area contributed by atoms with Crippen molar-refractivity contribution in [3.63, 3.8) is 0 Å². The summed E-state index contributed by atoms with van der Waals surface area (Å²) in [5.74, 6) is -0.501. The molecule has 1 heterocycles. The predicted molar refractivity (Wildman–Crippen MR) is 117 cm³/mol. The molecule has 9 heteroatoms. The van der Waals surface area contributed by atoms with E-state index in [0.717, 1.165) is 47.0 Å². The second kappa shape index (κ2) is 10.6. The van der Waals surface area contributed by atoms with Crippen molar-refractivity contribution in [1.82, 2.24) is 15.6 Å². The molecule has 0 saturated heterocycles. The fourth-order valence-electron chi connectivity index (χ4n) is 3.11. The molecule has 1 atom stereocenters. The zero-order chi connectivity index (χ0) is 21.5. The molecule has 1 aliphatic carbocycles. The highest BCUT2D eigenvalue weighted by molar-refractivity contribution is 7.98. The van der Waals surface area contributed by atoms with Gasteiger partial charge >= 0.3 is 12.0 Å². The molecule has 3 amide bonds. The van der Waals surface area contributed by atoms with E-state index in [2.05, 4.69) is 15.6 Å². The number of thioether (sulfide) groups is 1. The highest BCUT2D eigenvalue weighted by Crippen LogP contribution is 2.24. The van der Waals surface area contributed by atoms with Gasteiger partial charge in [-0.1, -0.05) is 12.8 Å².